The quantitative estimate of drug-likeness (QED) is 0.630. The van der Waals surface area contributed by atoms with Gasteiger partial charge in [0.25, 0.3) is 5.91 Å². The predicted octanol–water partition coefficient (Wildman–Crippen LogP) is 2.85. The molecule has 0 unspecified atom stereocenters. The molecule has 9 nitrogen and oxygen atoms in total. The summed E-state index contributed by atoms with van der Waals surface area (Å²) in [6.07, 6.45) is 2.66. The van der Waals surface area contributed by atoms with Crippen LogP contribution in [0.5, 0.6) is 0 Å². The number of piperidine rings is 1. The Hall–Kier alpha value is -3.18. The van der Waals surface area contributed by atoms with Crippen molar-refractivity contribution in [3.05, 3.63) is 59.2 Å². The van der Waals surface area contributed by atoms with E-state index in [-0.39, 0.29) is 16.1 Å². The number of rotatable bonds is 5. The molecule has 0 spiro atoms. The highest BCUT2D eigenvalue weighted by molar-refractivity contribution is 7.89. The van der Waals surface area contributed by atoms with Gasteiger partial charge in [0.15, 0.2) is 5.82 Å². The van der Waals surface area contributed by atoms with Crippen LogP contribution in [0, 0.1) is 19.7 Å². The molecule has 1 amide bonds. The second-order valence-corrected chi connectivity index (χ2v) is 9.61. The number of anilines is 1. The molecule has 1 fully saturated rings. The molecule has 1 N–H and O–H groups in total. The number of sulfonamides is 1. The van der Waals surface area contributed by atoms with Gasteiger partial charge in [0.05, 0.1) is 4.90 Å². The number of hydrogen-bond acceptors (Lipinski definition) is 6. The van der Waals surface area contributed by atoms with Gasteiger partial charge in [0.2, 0.25) is 10.0 Å². The molecule has 168 valence electrons. The molecule has 0 bridgehead atoms. The van der Waals surface area contributed by atoms with Crippen LogP contribution in [-0.4, -0.2) is 51.9 Å². The highest BCUT2D eigenvalue weighted by atomic mass is 32.2. The van der Waals surface area contributed by atoms with Crippen LogP contribution in [0.15, 0.2) is 41.3 Å². The van der Waals surface area contributed by atoms with E-state index in [2.05, 4.69) is 20.8 Å². The summed E-state index contributed by atoms with van der Waals surface area (Å²) in [6, 6.07) is 8.60. The summed E-state index contributed by atoms with van der Waals surface area (Å²) >= 11 is 0. The minimum Gasteiger partial charge on any atom is -0.322 e. The lowest BCUT2D eigenvalue weighted by Crippen LogP contribution is -2.36. The largest absolute Gasteiger partial charge is 0.322 e. The SMILES string of the molecule is Cc1ccc(C(=O)Nc2ccc(F)c(-n3nnnc3C)c2)cc1S(=O)(=O)N1CCCCC1. The van der Waals surface area contributed by atoms with Crippen molar-refractivity contribution >= 4 is 21.6 Å². The van der Waals surface area contributed by atoms with Crippen LogP contribution >= 0.6 is 0 Å². The van der Waals surface area contributed by atoms with E-state index < -0.39 is 21.7 Å². The fraction of sp³-hybridized carbons (Fsp3) is 0.333. The molecule has 1 saturated heterocycles. The number of aromatic nitrogens is 4. The zero-order valence-electron chi connectivity index (χ0n) is 17.7. The summed E-state index contributed by atoms with van der Waals surface area (Å²) in [5, 5.41) is 13.7. The van der Waals surface area contributed by atoms with Crippen molar-refractivity contribution in [3.8, 4) is 5.69 Å². The second-order valence-electron chi connectivity index (χ2n) is 7.70. The van der Waals surface area contributed by atoms with Crippen LogP contribution in [0.25, 0.3) is 5.69 Å². The Kier molecular flexibility index (Phi) is 6.02. The van der Waals surface area contributed by atoms with Crippen molar-refractivity contribution in [3.63, 3.8) is 0 Å². The Bertz CT molecular complexity index is 1270. The zero-order chi connectivity index (χ0) is 22.9. The van der Waals surface area contributed by atoms with Gasteiger partial charge in [0, 0.05) is 24.3 Å². The smallest absolute Gasteiger partial charge is 0.255 e. The molecule has 32 heavy (non-hydrogen) atoms. The first-order chi connectivity index (χ1) is 15.3. The third kappa shape index (κ3) is 4.26. The number of carbonyl (C=O) groups is 1. The molecule has 1 aliphatic rings. The van der Waals surface area contributed by atoms with E-state index >= 15 is 0 Å². The van der Waals surface area contributed by atoms with E-state index in [9.17, 15) is 17.6 Å². The highest BCUT2D eigenvalue weighted by Crippen LogP contribution is 2.25. The lowest BCUT2D eigenvalue weighted by Gasteiger charge is -2.26. The number of benzene rings is 2. The van der Waals surface area contributed by atoms with E-state index in [4.69, 9.17) is 0 Å². The number of hydrogen-bond donors (Lipinski definition) is 1. The molecule has 0 aliphatic carbocycles. The number of nitrogens with one attached hydrogen (secondary N) is 1. The summed E-state index contributed by atoms with van der Waals surface area (Å²) in [7, 11) is -3.69. The minimum atomic E-state index is -3.69. The van der Waals surface area contributed by atoms with E-state index in [1.807, 2.05) is 0 Å². The Morgan fingerprint density at radius 2 is 1.81 bits per heavy atom. The van der Waals surface area contributed by atoms with Crippen molar-refractivity contribution in [1.29, 1.82) is 0 Å². The number of amides is 1. The third-order valence-corrected chi connectivity index (χ3v) is 7.48. The molecule has 2 heterocycles. The Morgan fingerprint density at radius 3 is 2.50 bits per heavy atom. The Balaban J connectivity index is 1.61. The zero-order valence-corrected chi connectivity index (χ0v) is 18.6. The van der Waals surface area contributed by atoms with E-state index in [1.165, 1.54) is 33.3 Å². The first kappa shape index (κ1) is 22.0. The van der Waals surface area contributed by atoms with E-state index in [0.717, 1.165) is 19.3 Å². The third-order valence-electron chi connectivity index (χ3n) is 5.44. The lowest BCUT2D eigenvalue weighted by molar-refractivity contribution is 0.102. The van der Waals surface area contributed by atoms with Crippen LogP contribution in [0.2, 0.25) is 0 Å². The maximum atomic E-state index is 14.3. The van der Waals surface area contributed by atoms with Crippen molar-refractivity contribution in [1.82, 2.24) is 24.5 Å². The fourth-order valence-electron chi connectivity index (χ4n) is 3.67. The van der Waals surface area contributed by atoms with Crippen molar-refractivity contribution in [2.24, 2.45) is 0 Å². The van der Waals surface area contributed by atoms with E-state index in [0.29, 0.717) is 30.2 Å². The number of tetrazole rings is 1. The fourth-order valence-corrected chi connectivity index (χ4v) is 5.44. The van der Waals surface area contributed by atoms with Crippen LogP contribution < -0.4 is 5.32 Å². The summed E-state index contributed by atoms with van der Waals surface area (Å²) in [5.74, 6) is -0.673. The maximum absolute atomic E-state index is 14.3. The average molecular weight is 459 g/mol. The normalized spacial score (nSPS) is 15.0. The second kappa shape index (κ2) is 8.75. The van der Waals surface area contributed by atoms with Gasteiger partial charge in [-0.3, -0.25) is 4.79 Å². The molecule has 3 aromatic rings. The van der Waals surface area contributed by atoms with Crippen molar-refractivity contribution in [2.75, 3.05) is 18.4 Å². The van der Waals surface area contributed by atoms with Gasteiger partial charge in [-0.25, -0.2) is 12.8 Å². The Morgan fingerprint density at radius 1 is 1.06 bits per heavy atom. The number of halogens is 1. The van der Waals surface area contributed by atoms with Gasteiger partial charge in [-0.05, 0) is 73.0 Å². The van der Waals surface area contributed by atoms with Gasteiger partial charge >= 0.3 is 0 Å². The van der Waals surface area contributed by atoms with Gasteiger partial charge in [-0.2, -0.15) is 8.99 Å². The van der Waals surface area contributed by atoms with Gasteiger partial charge in [-0.15, -0.1) is 5.10 Å². The van der Waals surface area contributed by atoms with Crippen LogP contribution in [-0.2, 0) is 10.0 Å². The standard InChI is InChI=1S/C21H23FN6O3S/c1-14-6-7-16(12-20(14)32(30,31)27-10-4-3-5-11-27)21(29)23-17-8-9-18(22)19(13-17)28-15(2)24-25-26-28/h6-9,12-13H,3-5,10-11H2,1-2H3,(H,23,29). The summed E-state index contributed by atoms with van der Waals surface area (Å²) in [4.78, 5) is 13.0. The van der Waals surface area contributed by atoms with E-state index in [1.54, 1.807) is 26.0 Å². The first-order valence-corrected chi connectivity index (χ1v) is 11.7. The number of carbonyl (C=O) groups excluding carboxylic acids is 1. The molecule has 1 aliphatic heterocycles. The molecule has 0 radical (unpaired) electrons. The van der Waals surface area contributed by atoms with Crippen LogP contribution in [0.1, 0.15) is 41.0 Å². The highest BCUT2D eigenvalue weighted by Gasteiger charge is 2.28. The van der Waals surface area contributed by atoms with Crippen molar-refractivity contribution < 1.29 is 17.6 Å². The van der Waals surface area contributed by atoms with Gasteiger partial charge < -0.3 is 5.32 Å². The monoisotopic (exact) mass is 458 g/mol. The first-order valence-electron chi connectivity index (χ1n) is 10.2. The summed E-state index contributed by atoms with van der Waals surface area (Å²) in [5.41, 5.74) is 1.17. The lowest BCUT2D eigenvalue weighted by atomic mass is 10.1. The molecule has 0 atom stereocenters. The molecule has 1 aromatic heterocycles. The molecule has 2 aromatic carbocycles. The average Bonchev–Trinajstić information content (AvgIpc) is 3.21. The minimum absolute atomic E-state index is 0.0857. The molecular weight excluding hydrogens is 435 g/mol. The molecular formula is C21H23FN6O3S. The van der Waals surface area contributed by atoms with Gasteiger partial charge in [-0.1, -0.05) is 12.5 Å². The van der Waals surface area contributed by atoms with Gasteiger partial charge in [0.1, 0.15) is 11.5 Å². The molecule has 0 saturated carbocycles. The summed E-state index contributed by atoms with van der Waals surface area (Å²) < 4.78 is 43.2. The number of nitrogens with zero attached hydrogens (tertiary/aromatic N) is 5. The summed E-state index contributed by atoms with van der Waals surface area (Å²) in [6.45, 7) is 4.29. The molecule has 4 rings (SSSR count). The maximum Gasteiger partial charge on any atom is 0.255 e. The predicted molar refractivity (Wildman–Crippen MR) is 116 cm³/mol. The molecule has 11 heteroatoms. The number of aryl methyl sites for hydroxylation is 2. The van der Waals surface area contributed by atoms with Crippen LogP contribution in [0.4, 0.5) is 10.1 Å². The Labute approximate surface area is 185 Å². The van der Waals surface area contributed by atoms with Crippen molar-refractivity contribution in [2.45, 2.75) is 38.0 Å². The topological polar surface area (TPSA) is 110 Å². The van der Waals surface area contributed by atoms with Crippen LogP contribution in [0.3, 0.4) is 0 Å².